The molecule has 1 N–H and O–H groups in total. The second-order valence-corrected chi connectivity index (χ2v) is 12.9. The van der Waals surface area contributed by atoms with Crippen molar-refractivity contribution in [2.75, 3.05) is 25.1 Å². The summed E-state index contributed by atoms with van der Waals surface area (Å²) in [5.74, 6) is -0.339. The third-order valence-corrected chi connectivity index (χ3v) is 9.26. The summed E-state index contributed by atoms with van der Waals surface area (Å²) < 4.78 is 40.5. The summed E-state index contributed by atoms with van der Waals surface area (Å²) in [4.78, 5) is 28.5. The van der Waals surface area contributed by atoms with Gasteiger partial charge in [0.15, 0.2) is 11.5 Å². The van der Waals surface area contributed by atoms with Gasteiger partial charge >= 0.3 is 0 Å². The SMILES string of the molecule is CC[C@H](C)NC(=O)[C@@H](C)N(Cc1cccc(Br)c1)C(=O)CN(c1ccc(Cl)cc1)S(=O)(=O)c1ccc(OC)c(OC)c1. The lowest BCUT2D eigenvalue weighted by molar-refractivity contribution is -0.139. The molecule has 0 saturated carbocycles. The summed E-state index contributed by atoms with van der Waals surface area (Å²) in [5.41, 5.74) is 0.989. The average molecular weight is 681 g/mol. The topological polar surface area (TPSA) is 105 Å². The maximum absolute atomic E-state index is 14.1. The molecule has 3 rings (SSSR count). The van der Waals surface area contributed by atoms with Gasteiger partial charge < -0.3 is 19.7 Å². The quantitative estimate of drug-likeness (QED) is 0.250. The minimum absolute atomic E-state index is 0.0816. The molecule has 0 aliphatic rings. The lowest BCUT2D eigenvalue weighted by Gasteiger charge is -2.32. The Labute approximate surface area is 260 Å². The Morgan fingerprint density at radius 2 is 1.64 bits per heavy atom. The van der Waals surface area contributed by atoms with E-state index in [4.69, 9.17) is 21.1 Å². The molecular weight excluding hydrogens is 646 g/mol. The molecule has 0 spiro atoms. The van der Waals surface area contributed by atoms with Crippen molar-refractivity contribution in [1.82, 2.24) is 10.2 Å². The van der Waals surface area contributed by atoms with E-state index in [0.717, 1.165) is 14.3 Å². The third kappa shape index (κ3) is 8.17. The average Bonchev–Trinajstić information content (AvgIpc) is 2.98. The number of hydrogen-bond acceptors (Lipinski definition) is 6. The van der Waals surface area contributed by atoms with Crippen LogP contribution in [0.3, 0.4) is 0 Å². The molecule has 0 aromatic heterocycles. The van der Waals surface area contributed by atoms with Crippen LogP contribution < -0.4 is 19.1 Å². The Balaban J connectivity index is 2.06. The molecule has 0 aliphatic carbocycles. The van der Waals surface area contributed by atoms with E-state index in [1.54, 1.807) is 19.1 Å². The first-order valence-electron chi connectivity index (χ1n) is 13.3. The number of hydrogen-bond donors (Lipinski definition) is 1. The maximum atomic E-state index is 14.1. The van der Waals surface area contributed by atoms with Crippen LogP contribution in [0.15, 0.2) is 76.1 Å². The predicted octanol–water partition coefficient (Wildman–Crippen LogP) is 5.65. The Morgan fingerprint density at radius 1 is 0.976 bits per heavy atom. The van der Waals surface area contributed by atoms with Crippen LogP contribution in [0.2, 0.25) is 5.02 Å². The van der Waals surface area contributed by atoms with E-state index < -0.39 is 28.5 Å². The van der Waals surface area contributed by atoms with Crippen LogP contribution in [0.1, 0.15) is 32.8 Å². The van der Waals surface area contributed by atoms with Crippen molar-refractivity contribution in [2.45, 2.75) is 50.7 Å². The number of methoxy groups -OCH3 is 2. The number of benzene rings is 3. The molecule has 0 fully saturated rings. The van der Waals surface area contributed by atoms with E-state index in [-0.39, 0.29) is 34.8 Å². The molecule has 0 saturated heterocycles. The predicted molar refractivity (Wildman–Crippen MR) is 168 cm³/mol. The fourth-order valence-electron chi connectivity index (χ4n) is 4.12. The van der Waals surface area contributed by atoms with Crippen molar-refractivity contribution in [3.8, 4) is 11.5 Å². The molecule has 0 radical (unpaired) electrons. The summed E-state index contributed by atoms with van der Waals surface area (Å²) in [6, 6.07) is 16.7. The molecule has 2 atom stereocenters. The van der Waals surface area contributed by atoms with Crippen molar-refractivity contribution < 1.29 is 27.5 Å². The third-order valence-electron chi connectivity index (χ3n) is 6.75. The van der Waals surface area contributed by atoms with Gasteiger partial charge in [0.05, 0.1) is 24.8 Å². The van der Waals surface area contributed by atoms with Gasteiger partial charge in [-0.1, -0.05) is 46.6 Å². The van der Waals surface area contributed by atoms with Crippen molar-refractivity contribution in [3.05, 3.63) is 81.8 Å². The first-order chi connectivity index (χ1) is 19.9. The van der Waals surface area contributed by atoms with Crippen LogP contribution in [-0.2, 0) is 26.2 Å². The number of amides is 2. The van der Waals surface area contributed by atoms with E-state index >= 15 is 0 Å². The van der Waals surface area contributed by atoms with Gasteiger partial charge in [-0.3, -0.25) is 13.9 Å². The molecular formula is C30H35BrClN3O6S. The molecule has 42 heavy (non-hydrogen) atoms. The Bertz CT molecular complexity index is 1500. The summed E-state index contributed by atoms with van der Waals surface area (Å²) >= 11 is 9.54. The lowest BCUT2D eigenvalue weighted by Crippen LogP contribution is -2.52. The Kier molecular flexibility index (Phi) is 11.7. The highest BCUT2D eigenvalue weighted by Gasteiger charge is 2.33. The lowest BCUT2D eigenvalue weighted by atomic mass is 10.1. The Hall–Kier alpha value is -3.28. The van der Waals surface area contributed by atoms with Crippen LogP contribution >= 0.6 is 27.5 Å². The van der Waals surface area contributed by atoms with Crippen LogP contribution in [0, 0.1) is 0 Å². The molecule has 12 heteroatoms. The first-order valence-corrected chi connectivity index (χ1v) is 15.9. The van der Waals surface area contributed by atoms with Gasteiger partial charge in [-0.2, -0.15) is 0 Å². The zero-order valence-electron chi connectivity index (χ0n) is 24.1. The normalized spacial score (nSPS) is 12.6. The second kappa shape index (κ2) is 14.8. The van der Waals surface area contributed by atoms with E-state index in [1.807, 2.05) is 38.1 Å². The Morgan fingerprint density at radius 3 is 2.24 bits per heavy atom. The van der Waals surface area contributed by atoms with Crippen molar-refractivity contribution in [3.63, 3.8) is 0 Å². The molecule has 0 bridgehead atoms. The minimum atomic E-state index is -4.30. The number of anilines is 1. The first kappa shape index (κ1) is 33.2. The van der Waals surface area contributed by atoms with Crippen molar-refractivity contribution in [1.29, 1.82) is 0 Å². The van der Waals surface area contributed by atoms with Crippen LogP contribution in [0.5, 0.6) is 11.5 Å². The van der Waals surface area contributed by atoms with Gasteiger partial charge in [-0.25, -0.2) is 8.42 Å². The van der Waals surface area contributed by atoms with Gasteiger partial charge in [0.1, 0.15) is 12.6 Å². The standard InChI is InChI=1S/C30H35BrClN3O6S/c1-6-20(2)33-30(37)21(3)34(18-22-8-7-9-23(31)16-22)29(36)19-35(25-12-10-24(32)11-13-25)42(38,39)26-14-15-27(40-4)28(17-26)41-5/h7-17,20-21H,6,18-19H2,1-5H3,(H,33,37)/t20-,21+/m0/s1. The summed E-state index contributed by atoms with van der Waals surface area (Å²) in [6.07, 6.45) is 0.714. The number of ether oxygens (including phenoxy) is 2. The van der Waals surface area contributed by atoms with Gasteiger partial charge in [0.2, 0.25) is 11.8 Å². The molecule has 0 unspecified atom stereocenters. The maximum Gasteiger partial charge on any atom is 0.264 e. The van der Waals surface area contributed by atoms with Crippen molar-refractivity contribution >= 4 is 55.1 Å². The highest BCUT2D eigenvalue weighted by atomic mass is 79.9. The van der Waals surface area contributed by atoms with Crippen LogP contribution in [-0.4, -0.2) is 58.0 Å². The number of nitrogens with zero attached hydrogens (tertiary/aromatic N) is 2. The number of nitrogens with one attached hydrogen (secondary N) is 1. The van der Waals surface area contributed by atoms with Crippen LogP contribution in [0.4, 0.5) is 5.69 Å². The fraction of sp³-hybridized carbons (Fsp3) is 0.333. The van der Waals surface area contributed by atoms with Crippen LogP contribution in [0.25, 0.3) is 0 Å². The summed E-state index contributed by atoms with van der Waals surface area (Å²) in [7, 11) is -1.45. The smallest absolute Gasteiger partial charge is 0.264 e. The molecule has 9 nitrogen and oxygen atoms in total. The van der Waals surface area contributed by atoms with E-state index in [9.17, 15) is 18.0 Å². The van der Waals surface area contributed by atoms with Gasteiger partial charge in [-0.05, 0) is 74.4 Å². The largest absolute Gasteiger partial charge is 0.493 e. The number of rotatable bonds is 13. The zero-order chi connectivity index (χ0) is 31.0. The van der Waals surface area contributed by atoms with E-state index in [1.165, 1.54) is 49.5 Å². The summed E-state index contributed by atoms with van der Waals surface area (Å²) in [6.45, 7) is 4.96. The number of halogens is 2. The van der Waals surface area contributed by atoms with Gasteiger partial charge in [-0.15, -0.1) is 0 Å². The molecule has 0 aliphatic heterocycles. The number of carbonyl (C=O) groups is 2. The minimum Gasteiger partial charge on any atom is -0.493 e. The number of carbonyl (C=O) groups excluding carboxylic acids is 2. The van der Waals surface area contributed by atoms with E-state index in [2.05, 4.69) is 21.2 Å². The highest BCUT2D eigenvalue weighted by Crippen LogP contribution is 2.32. The molecule has 226 valence electrons. The van der Waals surface area contributed by atoms with E-state index in [0.29, 0.717) is 17.2 Å². The highest BCUT2D eigenvalue weighted by molar-refractivity contribution is 9.10. The second-order valence-electron chi connectivity index (χ2n) is 9.65. The monoisotopic (exact) mass is 679 g/mol. The van der Waals surface area contributed by atoms with Crippen molar-refractivity contribution in [2.24, 2.45) is 0 Å². The molecule has 2 amide bonds. The van der Waals surface area contributed by atoms with Gasteiger partial charge in [0, 0.05) is 28.1 Å². The van der Waals surface area contributed by atoms with Gasteiger partial charge in [0.25, 0.3) is 10.0 Å². The summed E-state index contributed by atoms with van der Waals surface area (Å²) in [5, 5.41) is 3.32. The molecule has 3 aromatic rings. The molecule has 3 aromatic carbocycles. The zero-order valence-corrected chi connectivity index (χ0v) is 27.3. The molecule has 0 heterocycles. The fourth-order valence-corrected chi connectivity index (χ4v) is 6.12. The number of sulfonamides is 1.